The molecule has 27 heavy (non-hydrogen) atoms. The minimum atomic E-state index is -0.432. The van der Waals surface area contributed by atoms with Crippen molar-refractivity contribution in [2.24, 2.45) is 0 Å². The Morgan fingerprint density at radius 2 is 1.78 bits per heavy atom. The number of aryl methyl sites for hydroxylation is 1. The number of carbonyl (C=O) groups excluding carboxylic acids is 1. The van der Waals surface area contributed by atoms with Crippen molar-refractivity contribution >= 4 is 23.0 Å². The van der Waals surface area contributed by atoms with Gasteiger partial charge < -0.3 is 15.5 Å². The molecule has 2 rings (SSSR count). The molecular formula is C22H26N4O. The predicted octanol–water partition coefficient (Wildman–Crippen LogP) is 4.61. The van der Waals surface area contributed by atoms with Crippen molar-refractivity contribution in [3.8, 4) is 6.07 Å². The van der Waals surface area contributed by atoms with Gasteiger partial charge in [-0.1, -0.05) is 12.1 Å². The van der Waals surface area contributed by atoms with Crippen LogP contribution < -0.4 is 15.5 Å². The van der Waals surface area contributed by atoms with Crippen LogP contribution in [0, 0.1) is 25.2 Å². The van der Waals surface area contributed by atoms with Gasteiger partial charge in [0.25, 0.3) is 5.91 Å². The summed E-state index contributed by atoms with van der Waals surface area (Å²) >= 11 is 0. The highest BCUT2D eigenvalue weighted by atomic mass is 16.1. The summed E-state index contributed by atoms with van der Waals surface area (Å²) in [4.78, 5) is 14.6. The highest BCUT2D eigenvalue weighted by molar-refractivity contribution is 6.07. The molecule has 0 aliphatic rings. The maximum atomic E-state index is 12.4. The van der Waals surface area contributed by atoms with E-state index in [4.69, 9.17) is 0 Å². The zero-order valence-corrected chi connectivity index (χ0v) is 16.3. The van der Waals surface area contributed by atoms with Crippen LogP contribution in [-0.2, 0) is 4.79 Å². The lowest BCUT2D eigenvalue weighted by atomic mass is 10.1. The lowest BCUT2D eigenvalue weighted by molar-refractivity contribution is -0.112. The van der Waals surface area contributed by atoms with Gasteiger partial charge in [0.05, 0.1) is 0 Å². The molecule has 0 aliphatic heterocycles. The second-order valence-electron chi connectivity index (χ2n) is 6.23. The number of anilines is 3. The number of nitrogens with one attached hydrogen (secondary N) is 2. The van der Waals surface area contributed by atoms with Crippen molar-refractivity contribution in [1.29, 1.82) is 5.26 Å². The quantitative estimate of drug-likeness (QED) is 0.557. The average molecular weight is 362 g/mol. The molecule has 0 aliphatic carbocycles. The van der Waals surface area contributed by atoms with Gasteiger partial charge >= 0.3 is 0 Å². The predicted molar refractivity (Wildman–Crippen MR) is 112 cm³/mol. The summed E-state index contributed by atoms with van der Waals surface area (Å²) in [5.41, 5.74) is 4.76. The fraction of sp³-hybridized carbons (Fsp3) is 0.273. The molecular weight excluding hydrogens is 336 g/mol. The second-order valence-corrected chi connectivity index (χ2v) is 6.23. The molecule has 1 amide bonds. The van der Waals surface area contributed by atoms with Crippen LogP contribution in [0.2, 0.25) is 0 Å². The molecule has 0 saturated heterocycles. The molecule has 0 saturated carbocycles. The lowest BCUT2D eigenvalue weighted by Crippen LogP contribution is -2.21. The molecule has 140 valence electrons. The Kier molecular flexibility index (Phi) is 7.01. The van der Waals surface area contributed by atoms with E-state index in [1.807, 2.05) is 62.4 Å². The van der Waals surface area contributed by atoms with Gasteiger partial charge in [0.15, 0.2) is 0 Å². The van der Waals surface area contributed by atoms with Crippen LogP contribution in [0.5, 0.6) is 0 Å². The minimum Gasteiger partial charge on any atom is -0.372 e. The third-order valence-corrected chi connectivity index (χ3v) is 4.60. The van der Waals surface area contributed by atoms with E-state index in [0.717, 1.165) is 35.6 Å². The maximum Gasteiger partial charge on any atom is 0.267 e. The van der Waals surface area contributed by atoms with Crippen LogP contribution >= 0.6 is 0 Å². The topological polar surface area (TPSA) is 68.2 Å². The highest BCUT2D eigenvalue weighted by Gasteiger charge is 2.11. The number of amides is 1. The van der Waals surface area contributed by atoms with Gasteiger partial charge in [0.2, 0.25) is 0 Å². The van der Waals surface area contributed by atoms with Crippen LogP contribution in [0.25, 0.3) is 0 Å². The van der Waals surface area contributed by atoms with Crippen LogP contribution in [0.15, 0.2) is 54.2 Å². The monoisotopic (exact) mass is 362 g/mol. The fourth-order valence-electron chi connectivity index (χ4n) is 2.74. The molecule has 0 fully saturated rings. The zero-order chi connectivity index (χ0) is 19.8. The SMILES string of the molecule is CCN(CC)c1ccc(N/C=C(/C#N)C(=O)Nc2cccc(C)c2C)cc1. The van der Waals surface area contributed by atoms with E-state index in [-0.39, 0.29) is 5.57 Å². The summed E-state index contributed by atoms with van der Waals surface area (Å²) in [5.74, 6) is -0.432. The van der Waals surface area contributed by atoms with Gasteiger partial charge in [-0.2, -0.15) is 5.26 Å². The van der Waals surface area contributed by atoms with Gasteiger partial charge in [-0.3, -0.25) is 4.79 Å². The summed E-state index contributed by atoms with van der Waals surface area (Å²) in [5, 5.41) is 15.2. The van der Waals surface area contributed by atoms with Crippen molar-refractivity contribution in [1.82, 2.24) is 0 Å². The van der Waals surface area contributed by atoms with Crippen LogP contribution in [0.3, 0.4) is 0 Å². The van der Waals surface area contributed by atoms with Gasteiger partial charge in [0.1, 0.15) is 11.6 Å². The maximum absolute atomic E-state index is 12.4. The van der Waals surface area contributed by atoms with Gasteiger partial charge in [-0.25, -0.2) is 0 Å². The Morgan fingerprint density at radius 3 is 2.37 bits per heavy atom. The lowest BCUT2D eigenvalue weighted by Gasteiger charge is -2.21. The summed E-state index contributed by atoms with van der Waals surface area (Å²) in [6.07, 6.45) is 1.44. The Bertz CT molecular complexity index is 859. The number of benzene rings is 2. The molecule has 0 bridgehead atoms. The van der Waals surface area contributed by atoms with Gasteiger partial charge in [-0.05, 0) is 69.2 Å². The number of nitrogens with zero attached hydrogens (tertiary/aromatic N) is 2. The van der Waals surface area contributed by atoms with E-state index in [1.54, 1.807) is 0 Å². The van der Waals surface area contributed by atoms with Crippen LogP contribution in [0.1, 0.15) is 25.0 Å². The molecule has 0 heterocycles. The first-order valence-corrected chi connectivity index (χ1v) is 9.09. The smallest absolute Gasteiger partial charge is 0.267 e. The van der Waals surface area contributed by atoms with Crippen molar-refractivity contribution in [3.63, 3.8) is 0 Å². The average Bonchev–Trinajstić information content (AvgIpc) is 2.68. The van der Waals surface area contributed by atoms with Crippen LogP contribution in [-0.4, -0.2) is 19.0 Å². The van der Waals surface area contributed by atoms with Gasteiger partial charge in [-0.15, -0.1) is 0 Å². The molecule has 0 spiro atoms. The summed E-state index contributed by atoms with van der Waals surface area (Å²) < 4.78 is 0. The normalized spacial score (nSPS) is 10.9. The first-order chi connectivity index (χ1) is 13.0. The first kappa shape index (κ1) is 20.1. The number of hydrogen-bond acceptors (Lipinski definition) is 4. The molecule has 2 N–H and O–H groups in total. The molecule has 5 nitrogen and oxygen atoms in total. The standard InChI is InChI=1S/C22H26N4O/c1-5-26(6-2)20-12-10-19(11-13-20)24-15-18(14-23)22(27)25-21-9-7-8-16(3)17(21)4/h7-13,15,24H,5-6H2,1-4H3,(H,25,27)/b18-15-. The summed E-state index contributed by atoms with van der Waals surface area (Å²) in [6.45, 7) is 10.0. The van der Waals surface area contributed by atoms with Crippen molar-refractivity contribution in [3.05, 3.63) is 65.4 Å². The third kappa shape index (κ3) is 5.11. The van der Waals surface area contributed by atoms with Gasteiger partial charge in [0, 0.05) is 36.4 Å². The van der Waals surface area contributed by atoms with Crippen molar-refractivity contribution in [2.45, 2.75) is 27.7 Å². The molecule has 0 atom stereocenters. The summed E-state index contributed by atoms with van der Waals surface area (Å²) in [7, 11) is 0. The van der Waals surface area contributed by atoms with E-state index in [0.29, 0.717) is 5.69 Å². The largest absolute Gasteiger partial charge is 0.372 e. The molecule has 0 radical (unpaired) electrons. The number of rotatable bonds is 7. The third-order valence-electron chi connectivity index (χ3n) is 4.60. The molecule has 0 aromatic heterocycles. The van der Waals surface area contributed by atoms with E-state index in [2.05, 4.69) is 29.4 Å². The summed E-state index contributed by atoms with van der Waals surface area (Å²) in [6, 6.07) is 15.5. The van der Waals surface area contributed by atoms with E-state index >= 15 is 0 Å². The minimum absolute atomic E-state index is 0.0173. The Labute approximate surface area is 161 Å². The fourth-order valence-corrected chi connectivity index (χ4v) is 2.74. The number of nitriles is 1. The molecule has 2 aromatic carbocycles. The van der Waals surface area contributed by atoms with E-state index in [1.165, 1.54) is 6.20 Å². The highest BCUT2D eigenvalue weighted by Crippen LogP contribution is 2.20. The zero-order valence-electron chi connectivity index (χ0n) is 16.3. The van der Waals surface area contributed by atoms with Crippen molar-refractivity contribution in [2.75, 3.05) is 28.6 Å². The molecule has 5 heteroatoms. The molecule has 2 aromatic rings. The number of carbonyl (C=O) groups is 1. The Hall–Kier alpha value is -3.26. The molecule has 0 unspecified atom stereocenters. The second kappa shape index (κ2) is 9.44. The van der Waals surface area contributed by atoms with Crippen molar-refractivity contribution < 1.29 is 4.79 Å². The number of hydrogen-bond donors (Lipinski definition) is 2. The van der Waals surface area contributed by atoms with E-state index < -0.39 is 5.91 Å². The van der Waals surface area contributed by atoms with E-state index in [9.17, 15) is 10.1 Å². The Balaban J connectivity index is 2.08. The van der Waals surface area contributed by atoms with Crippen LogP contribution in [0.4, 0.5) is 17.1 Å². The Morgan fingerprint density at radius 1 is 1.11 bits per heavy atom. The first-order valence-electron chi connectivity index (χ1n) is 9.09.